The third-order valence-electron chi connectivity index (χ3n) is 5.85. The molecule has 29 heavy (non-hydrogen) atoms. The molecule has 1 amide bonds. The van der Waals surface area contributed by atoms with E-state index in [1.807, 2.05) is 19.1 Å². The van der Waals surface area contributed by atoms with Crippen LogP contribution in [0.3, 0.4) is 0 Å². The summed E-state index contributed by atoms with van der Waals surface area (Å²) >= 11 is 6.12. The van der Waals surface area contributed by atoms with E-state index in [1.165, 1.54) is 11.3 Å². The number of nitrogens with one attached hydrogen (secondary N) is 1. The average molecular weight is 408 g/mol. The summed E-state index contributed by atoms with van der Waals surface area (Å²) in [6.07, 6.45) is 2.69. The molecule has 4 nitrogen and oxygen atoms in total. The Balaban J connectivity index is 1.90. The Morgan fingerprint density at radius 2 is 2.07 bits per heavy atom. The molecule has 1 aliphatic heterocycles. The zero-order chi connectivity index (χ0) is 21.3. The number of hydrogen-bond acceptors (Lipinski definition) is 3. The second-order valence-corrected chi connectivity index (χ2v) is 8.74. The molecule has 1 aliphatic rings. The van der Waals surface area contributed by atoms with Crippen molar-refractivity contribution in [3.8, 4) is 6.07 Å². The highest BCUT2D eigenvalue weighted by Crippen LogP contribution is 2.42. The van der Waals surface area contributed by atoms with Crippen LogP contribution in [0, 0.1) is 18.3 Å². The maximum Gasteiger partial charge on any atom is 0.266 e. The second-order valence-electron chi connectivity index (χ2n) is 8.33. The molecular formula is C24H26ClN3O. The van der Waals surface area contributed by atoms with Crippen molar-refractivity contribution in [1.82, 2.24) is 0 Å². The molecule has 5 heteroatoms. The molecule has 1 heterocycles. The monoisotopic (exact) mass is 407 g/mol. The van der Waals surface area contributed by atoms with Gasteiger partial charge in [-0.2, -0.15) is 5.26 Å². The third kappa shape index (κ3) is 4.16. The summed E-state index contributed by atoms with van der Waals surface area (Å²) in [5.74, 6) is -0.0418. The number of nitriles is 1. The molecule has 0 spiro atoms. The minimum Gasteiger partial charge on any atom is -0.369 e. The summed E-state index contributed by atoms with van der Waals surface area (Å²) in [6, 6.07) is 13.4. The average Bonchev–Trinajstić information content (AvgIpc) is 2.67. The lowest BCUT2D eigenvalue weighted by molar-refractivity contribution is -0.112. The van der Waals surface area contributed by atoms with Crippen molar-refractivity contribution >= 4 is 35.0 Å². The smallest absolute Gasteiger partial charge is 0.266 e. The van der Waals surface area contributed by atoms with E-state index in [0.29, 0.717) is 16.6 Å². The predicted octanol–water partition coefficient (Wildman–Crippen LogP) is 5.92. The van der Waals surface area contributed by atoms with Gasteiger partial charge in [-0.1, -0.05) is 30.7 Å². The first-order valence-corrected chi connectivity index (χ1v) is 10.1. The zero-order valence-electron chi connectivity index (χ0n) is 17.5. The van der Waals surface area contributed by atoms with E-state index in [9.17, 15) is 10.1 Å². The highest BCUT2D eigenvalue weighted by atomic mass is 35.5. The van der Waals surface area contributed by atoms with Crippen molar-refractivity contribution in [2.24, 2.45) is 0 Å². The van der Waals surface area contributed by atoms with Crippen LogP contribution in [0.15, 0.2) is 42.0 Å². The Morgan fingerprint density at radius 1 is 1.34 bits per heavy atom. The minimum atomic E-state index is -0.443. The molecule has 150 valence electrons. The molecule has 0 aromatic heterocycles. The number of hydrogen-bond donors (Lipinski definition) is 1. The van der Waals surface area contributed by atoms with Crippen LogP contribution in [0.25, 0.3) is 6.08 Å². The van der Waals surface area contributed by atoms with Crippen LogP contribution < -0.4 is 10.2 Å². The lowest BCUT2D eigenvalue weighted by Crippen LogP contribution is -2.45. The molecule has 0 saturated heterocycles. The lowest BCUT2D eigenvalue weighted by Gasteiger charge is -2.45. The summed E-state index contributed by atoms with van der Waals surface area (Å²) in [5, 5.41) is 12.9. The Kier molecular flexibility index (Phi) is 5.73. The van der Waals surface area contributed by atoms with Gasteiger partial charge in [-0.05, 0) is 80.1 Å². The molecule has 0 unspecified atom stereocenters. The quantitative estimate of drug-likeness (QED) is 0.507. The molecule has 2 aromatic carbocycles. The number of amides is 1. The van der Waals surface area contributed by atoms with Gasteiger partial charge in [0.05, 0.1) is 0 Å². The van der Waals surface area contributed by atoms with Crippen LogP contribution in [0.2, 0.25) is 5.02 Å². The van der Waals surface area contributed by atoms with E-state index >= 15 is 0 Å². The van der Waals surface area contributed by atoms with Crippen LogP contribution in [0.1, 0.15) is 49.8 Å². The van der Waals surface area contributed by atoms with Crippen LogP contribution in [0.5, 0.6) is 0 Å². The molecule has 0 aliphatic carbocycles. The normalized spacial score (nSPS) is 18.0. The van der Waals surface area contributed by atoms with Crippen LogP contribution in [-0.4, -0.2) is 18.5 Å². The van der Waals surface area contributed by atoms with E-state index in [4.69, 9.17) is 11.6 Å². The number of anilines is 2. The number of carbonyl (C=O) groups excluding carboxylic acids is 1. The SMILES string of the molecule is Cc1c(Cl)cccc1NC(=O)/C(C#N)=C\c1ccc2c(c1)[C@H](C)CC(C)(C)N2C. The van der Waals surface area contributed by atoms with Crippen molar-refractivity contribution in [2.75, 3.05) is 17.3 Å². The van der Waals surface area contributed by atoms with Crippen molar-refractivity contribution in [3.63, 3.8) is 0 Å². The van der Waals surface area contributed by atoms with Crippen molar-refractivity contribution in [3.05, 3.63) is 63.7 Å². The fraction of sp³-hybridized carbons (Fsp3) is 0.333. The van der Waals surface area contributed by atoms with Gasteiger partial charge in [0.25, 0.3) is 5.91 Å². The van der Waals surface area contributed by atoms with Gasteiger partial charge in [0, 0.05) is 29.0 Å². The first kappa shape index (κ1) is 21.0. The van der Waals surface area contributed by atoms with Gasteiger partial charge in [-0.3, -0.25) is 4.79 Å². The van der Waals surface area contributed by atoms with Gasteiger partial charge in [0.1, 0.15) is 11.6 Å². The largest absolute Gasteiger partial charge is 0.369 e. The summed E-state index contributed by atoms with van der Waals surface area (Å²) in [4.78, 5) is 14.9. The molecule has 0 saturated carbocycles. The predicted molar refractivity (Wildman–Crippen MR) is 120 cm³/mol. The van der Waals surface area contributed by atoms with Crippen LogP contribution in [0.4, 0.5) is 11.4 Å². The van der Waals surface area contributed by atoms with Gasteiger partial charge in [-0.25, -0.2) is 0 Å². The maximum atomic E-state index is 12.6. The molecule has 1 N–H and O–H groups in total. The zero-order valence-corrected chi connectivity index (χ0v) is 18.3. The molecule has 0 bridgehead atoms. The number of carbonyl (C=O) groups is 1. The van der Waals surface area contributed by atoms with Crippen molar-refractivity contribution in [2.45, 2.75) is 45.6 Å². The Labute approximate surface area is 177 Å². The Morgan fingerprint density at radius 3 is 2.76 bits per heavy atom. The topological polar surface area (TPSA) is 56.1 Å². The number of benzene rings is 2. The first-order chi connectivity index (χ1) is 13.6. The molecule has 0 radical (unpaired) electrons. The standard InChI is InChI=1S/C24H26ClN3O/c1-15-13-24(3,4)28(5)22-10-9-17(12-19(15)22)11-18(14-26)23(29)27-21-8-6-7-20(25)16(21)2/h6-12,15H,13H2,1-5H3,(H,27,29)/b18-11-/t15-/m1/s1. The lowest BCUT2D eigenvalue weighted by atomic mass is 9.80. The van der Waals surface area contributed by atoms with Crippen molar-refractivity contribution < 1.29 is 4.79 Å². The second kappa shape index (κ2) is 7.93. The van der Waals surface area contributed by atoms with E-state index in [-0.39, 0.29) is 11.1 Å². The summed E-state index contributed by atoms with van der Waals surface area (Å²) in [6.45, 7) is 8.55. The molecule has 1 atom stereocenters. The summed E-state index contributed by atoms with van der Waals surface area (Å²) in [5.41, 5.74) is 4.81. The van der Waals surface area contributed by atoms with Crippen LogP contribution >= 0.6 is 11.6 Å². The minimum absolute atomic E-state index is 0.0569. The molecular weight excluding hydrogens is 382 g/mol. The number of rotatable bonds is 3. The third-order valence-corrected chi connectivity index (χ3v) is 6.26. The van der Waals surface area contributed by atoms with E-state index in [1.54, 1.807) is 24.3 Å². The maximum absolute atomic E-state index is 12.6. The van der Waals surface area contributed by atoms with Crippen LogP contribution in [-0.2, 0) is 4.79 Å². The molecule has 2 aromatic rings. The summed E-state index contributed by atoms with van der Waals surface area (Å²) in [7, 11) is 2.11. The number of nitrogens with zero attached hydrogens (tertiary/aromatic N) is 2. The Bertz CT molecular complexity index is 1030. The fourth-order valence-electron chi connectivity index (χ4n) is 3.93. The molecule has 0 fully saturated rings. The van der Waals surface area contributed by atoms with E-state index in [0.717, 1.165) is 17.5 Å². The number of halogens is 1. The summed E-state index contributed by atoms with van der Waals surface area (Å²) < 4.78 is 0. The highest BCUT2D eigenvalue weighted by molar-refractivity contribution is 6.31. The van der Waals surface area contributed by atoms with E-state index in [2.05, 4.69) is 50.2 Å². The van der Waals surface area contributed by atoms with Gasteiger partial charge in [0.2, 0.25) is 0 Å². The van der Waals surface area contributed by atoms with Crippen molar-refractivity contribution in [1.29, 1.82) is 5.26 Å². The first-order valence-electron chi connectivity index (χ1n) is 9.70. The van der Waals surface area contributed by atoms with Gasteiger partial charge in [0.15, 0.2) is 0 Å². The Hall–Kier alpha value is -2.77. The fourth-order valence-corrected chi connectivity index (χ4v) is 4.11. The highest BCUT2D eigenvalue weighted by Gasteiger charge is 2.33. The van der Waals surface area contributed by atoms with Gasteiger partial charge < -0.3 is 10.2 Å². The van der Waals surface area contributed by atoms with E-state index < -0.39 is 5.91 Å². The number of fused-ring (bicyclic) bond motifs is 1. The van der Waals surface area contributed by atoms with Gasteiger partial charge in [-0.15, -0.1) is 0 Å². The van der Waals surface area contributed by atoms with Gasteiger partial charge >= 0.3 is 0 Å². The molecule has 3 rings (SSSR count).